The number of aromatic nitrogens is 2. The van der Waals surface area contributed by atoms with E-state index in [2.05, 4.69) is 47.6 Å². The molecule has 0 saturated heterocycles. The van der Waals surface area contributed by atoms with Crippen LogP contribution in [0.4, 0.5) is 0 Å². The Bertz CT molecular complexity index is 1190. The number of hydrogen-bond acceptors (Lipinski definition) is 1. The molecule has 3 aromatic carbocycles. The summed E-state index contributed by atoms with van der Waals surface area (Å²) in [6, 6.07) is 30.5. The van der Waals surface area contributed by atoms with Crippen LogP contribution < -0.4 is 5.56 Å². The van der Waals surface area contributed by atoms with Crippen LogP contribution in [-0.4, -0.2) is 9.78 Å². The van der Waals surface area contributed by atoms with Crippen LogP contribution in [0.5, 0.6) is 0 Å². The molecule has 4 aromatic rings. The van der Waals surface area contributed by atoms with E-state index in [0.29, 0.717) is 0 Å². The average molecular weight is 364 g/mol. The number of aromatic amines is 1. The van der Waals surface area contributed by atoms with Gasteiger partial charge in [-0.3, -0.25) is 9.89 Å². The van der Waals surface area contributed by atoms with E-state index in [-0.39, 0.29) is 11.5 Å². The van der Waals surface area contributed by atoms with Gasteiger partial charge in [-0.05, 0) is 41.3 Å². The zero-order chi connectivity index (χ0) is 18.9. The number of benzene rings is 3. The van der Waals surface area contributed by atoms with Crippen LogP contribution in [-0.2, 0) is 0 Å². The van der Waals surface area contributed by atoms with Crippen molar-refractivity contribution >= 4 is 11.6 Å². The van der Waals surface area contributed by atoms with Crippen LogP contribution >= 0.6 is 0 Å². The van der Waals surface area contributed by atoms with E-state index < -0.39 is 0 Å². The Kier molecular flexibility index (Phi) is 4.06. The Morgan fingerprint density at radius 2 is 1.39 bits per heavy atom. The Labute approximate surface area is 163 Å². The molecule has 0 radical (unpaired) electrons. The molecule has 0 spiro atoms. The number of rotatable bonds is 3. The van der Waals surface area contributed by atoms with E-state index in [0.717, 1.165) is 23.4 Å². The lowest BCUT2D eigenvalue weighted by Gasteiger charge is -2.23. The molecule has 0 bridgehead atoms. The van der Waals surface area contributed by atoms with Gasteiger partial charge in [0.1, 0.15) is 0 Å². The van der Waals surface area contributed by atoms with Gasteiger partial charge in [0, 0.05) is 5.92 Å². The lowest BCUT2D eigenvalue weighted by Crippen LogP contribution is -2.21. The number of nitrogens with one attached hydrogen (secondary N) is 1. The summed E-state index contributed by atoms with van der Waals surface area (Å²) in [7, 11) is 0. The first-order valence-corrected chi connectivity index (χ1v) is 9.52. The molecule has 1 heterocycles. The van der Waals surface area contributed by atoms with Crippen LogP contribution in [0.25, 0.3) is 17.3 Å². The van der Waals surface area contributed by atoms with Crippen molar-refractivity contribution in [2.24, 2.45) is 0 Å². The Morgan fingerprint density at radius 3 is 2.07 bits per heavy atom. The molecule has 0 aliphatic heterocycles. The van der Waals surface area contributed by atoms with E-state index >= 15 is 0 Å². The minimum Gasteiger partial charge on any atom is -0.291 e. The third-order valence-electron chi connectivity index (χ3n) is 5.41. The molecular formula is C25H20N2O. The predicted octanol–water partition coefficient (Wildman–Crippen LogP) is 5.24. The highest BCUT2D eigenvalue weighted by atomic mass is 16.1. The maximum Gasteiger partial charge on any atom is 0.275 e. The van der Waals surface area contributed by atoms with Gasteiger partial charge >= 0.3 is 0 Å². The lowest BCUT2D eigenvalue weighted by molar-refractivity contribution is 0.814. The molecule has 5 rings (SSSR count). The minimum absolute atomic E-state index is 0.0263. The van der Waals surface area contributed by atoms with Gasteiger partial charge in [0.15, 0.2) is 0 Å². The zero-order valence-electron chi connectivity index (χ0n) is 15.4. The molecule has 136 valence electrons. The molecular weight excluding hydrogens is 344 g/mol. The summed E-state index contributed by atoms with van der Waals surface area (Å²) in [6.45, 7) is 0. The van der Waals surface area contributed by atoms with Crippen molar-refractivity contribution in [2.75, 3.05) is 0 Å². The van der Waals surface area contributed by atoms with Gasteiger partial charge in [0.05, 0.1) is 16.9 Å². The van der Waals surface area contributed by atoms with Gasteiger partial charge in [0.2, 0.25) is 0 Å². The third kappa shape index (κ3) is 2.81. The molecule has 1 unspecified atom stereocenters. The van der Waals surface area contributed by atoms with E-state index in [9.17, 15) is 4.79 Å². The maximum atomic E-state index is 13.3. The molecule has 0 saturated carbocycles. The average Bonchev–Trinajstić information content (AvgIpc) is 3.11. The summed E-state index contributed by atoms with van der Waals surface area (Å²) in [5.41, 5.74) is 6.22. The fourth-order valence-corrected chi connectivity index (χ4v) is 4.05. The molecule has 1 N–H and O–H groups in total. The van der Waals surface area contributed by atoms with Crippen LogP contribution in [0.1, 0.15) is 34.7 Å². The highest BCUT2D eigenvalue weighted by Gasteiger charge is 2.29. The molecule has 1 aliphatic carbocycles. The first-order chi connectivity index (χ1) is 13.8. The van der Waals surface area contributed by atoms with Gasteiger partial charge in [-0.1, -0.05) is 78.9 Å². The van der Waals surface area contributed by atoms with Crippen molar-refractivity contribution in [1.29, 1.82) is 0 Å². The topological polar surface area (TPSA) is 37.8 Å². The normalized spacial score (nSPS) is 15.7. The van der Waals surface area contributed by atoms with E-state index in [1.54, 1.807) is 4.68 Å². The van der Waals surface area contributed by atoms with E-state index in [1.165, 1.54) is 16.7 Å². The molecule has 3 heteroatoms. The summed E-state index contributed by atoms with van der Waals surface area (Å²) in [6.07, 6.45) is 2.94. The quantitative estimate of drug-likeness (QED) is 0.530. The second kappa shape index (κ2) is 6.86. The van der Waals surface area contributed by atoms with Crippen molar-refractivity contribution in [1.82, 2.24) is 9.78 Å². The molecule has 1 aromatic heterocycles. The summed E-state index contributed by atoms with van der Waals surface area (Å²) in [5.74, 6) is 0.0325. The molecule has 1 aliphatic rings. The van der Waals surface area contributed by atoms with Crippen LogP contribution in [0.3, 0.4) is 0 Å². The molecule has 28 heavy (non-hydrogen) atoms. The monoisotopic (exact) mass is 364 g/mol. The van der Waals surface area contributed by atoms with Crippen molar-refractivity contribution in [3.05, 3.63) is 124 Å². The van der Waals surface area contributed by atoms with Gasteiger partial charge in [-0.15, -0.1) is 0 Å². The smallest absolute Gasteiger partial charge is 0.275 e. The first-order valence-electron chi connectivity index (χ1n) is 9.52. The number of fused-ring (bicyclic) bond motifs is 1. The second-order valence-corrected chi connectivity index (χ2v) is 7.12. The van der Waals surface area contributed by atoms with Gasteiger partial charge < -0.3 is 0 Å². The molecule has 3 nitrogen and oxygen atoms in total. The number of H-pyrrole nitrogens is 1. The highest BCUT2D eigenvalue weighted by Crippen LogP contribution is 2.40. The Balaban J connectivity index is 1.72. The van der Waals surface area contributed by atoms with Gasteiger partial charge in [0.25, 0.3) is 5.56 Å². The number of para-hydroxylation sites is 1. The van der Waals surface area contributed by atoms with Crippen molar-refractivity contribution < 1.29 is 0 Å². The van der Waals surface area contributed by atoms with Crippen LogP contribution in [0, 0.1) is 0 Å². The maximum absolute atomic E-state index is 13.3. The van der Waals surface area contributed by atoms with Crippen molar-refractivity contribution in [3.8, 4) is 5.69 Å². The van der Waals surface area contributed by atoms with E-state index in [1.807, 2.05) is 54.6 Å². The molecule has 0 fully saturated rings. The summed E-state index contributed by atoms with van der Waals surface area (Å²) < 4.78 is 1.66. The van der Waals surface area contributed by atoms with Crippen LogP contribution in [0.2, 0.25) is 0 Å². The highest BCUT2D eigenvalue weighted by molar-refractivity contribution is 5.84. The predicted molar refractivity (Wildman–Crippen MR) is 114 cm³/mol. The third-order valence-corrected chi connectivity index (χ3v) is 5.41. The number of allylic oxidation sites excluding steroid dienone is 1. The van der Waals surface area contributed by atoms with Gasteiger partial charge in [-0.25, -0.2) is 4.68 Å². The Hall–Kier alpha value is -3.59. The van der Waals surface area contributed by atoms with Crippen molar-refractivity contribution in [3.63, 3.8) is 0 Å². The van der Waals surface area contributed by atoms with Gasteiger partial charge in [-0.2, -0.15) is 0 Å². The van der Waals surface area contributed by atoms with Crippen LogP contribution in [0.15, 0.2) is 95.8 Å². The fourth-order valence-electron chi connectivity index (χ4n) is 4.05. The SMILES string of the molecule is O=c1c2c([nH]n1-c1ccccc1)C=C(c1ccccc1)CC2c1ccccc1. The summed E-state index contributed by atoms with van der Waals surface area (Å²) >= 11 is 0. The Morgan fingerprint density at radius 1 is 0.786 bits per heavy atom. The minimum atomic E-state index is 0.0263. The largest absolute Gasteiger partial charge is 0.291 e. The van der Waals surface area contributed by atoms with E-state index in [4.69, 9.17) is 0 Å². The standard InChI is InChI=1S/C25H20N2O/c28-25-24-22(19-12-6-2-7-13-19)16-20(18-10-4-1-5-11-18)17-23(24)26-27(25)21-14-8-3-9-15-21/h1-15,17,22,26H,16H2. The lowest BCUT2D eigenvalue weighted by atomic mass is 9.80. The summed E-state index contributed by atoms with van der Waals surface area (Å²) in [4.78, 5) is 13.3. The summed E-state index contributed by atoms with van der Waals surface area (Å²) in [5, 5.41) is 3.35. The zero-order valence-corrected chi connectivity index (χ0v) is 15.4. The molecule has 1 atom stereocenters. The fraction of sp³-hybridized carbons (Fsp3) is 0.0800. The number of nitrogens with zero attached hydrogens (tertiary/aromatic N) is 1. The molecule has 0 amide bonds. The van der Waals surface area contributed by atoms with Crippen molar-refractivity contribution in [2.45, 2.75) is 12.3 Å². The number of hydrogen-bond donors (Lipinski definition) is 1. The first kappa shape index (κ1) is 16.6. The second-order valence-electron chi connectivity index (χ2n) is 7.12.